The number of rotatable bonds is 6. The molecule has 8 heteroatoms. The molecule has 0 aliphatic heterocycles. The monoisotopic (exact) mass is 433 g/mol. The van der Waals surface area contributed by atoms with Crippen LogP contribution in [0.1, 0.15) is 28.5 Å². The lowest BCUT2D eigenvalue weighted by molar-refractivity contribution is 0.0698. The van der Waals surface area contributed by atoms with Crippen LogP contribution in [0.4, 0.5) is 11.5 Å². The number of nitrogens with zero attached hydrogens (tertiary/aromatic N) is 4. The fourth-order valence-electron chi connectivity index (χ4n) is 3.42. The fourth-order valence-corrected chi connectivity index (χ4v) is 3.59. The number of hydrogen-bond acceptors (Lipinski definition) is 5. The van der Waals surface area contributed by atoms with Crippen LogP contribution in [-0.4, -0.2) is 30.8 Å². The molecule has 3 aromatic heterocycles. The molecule has 4 rings (SSSR count). The Morgan fingerprint density at radius 2 is 1.97 bits per heavy atom. The highest BCUT2D eigenvalue weighted by molar-refractivity contribution is 6.31. The third kappa shape index (κ3) is 4.00. The first-order valence-electron chi connectivity index (χ1n) is 9.72. The summed E-state index contributed by atoms with van der Waals surface area (Å²) in [6.45, 7) is 4.00. The number of anilines is 2. The van der Waals surface area contributed by atoms with Crippen molar-refractivity contribution in [2.24, 2.45) is 0 Å². The van der Waals surface area contributed by atoms with Crippen molar-refractivity contribution in [3.05, 3.63) is 83.0 Å². The molecule has 0 bridgehead atoms. The molecule has 0 aliphatic rings. The minimum atomic E-state index is -1.08. The number of aromatic carboxylic acids is 1. The third-order valence-electron chi connectivity index (χ3n) is 4.95. The van der Waals surface area contributed by atoms with Gasteiger partial charge in [-0.05, 0) is 49.2 Å². The maximum Gasteiger partial charge on any atom is 0.337 e. The Morgan fingerprint density at radius 1 is 1.16 bits per heavy atom. The molecular weight excluding hydrogens is 414 g/mol. The van der Waals surface area contributed by atoms with Gasteiger partial charge in [-0.3, -0.25) is 9.97 Å². The van der Waals surface area contributed by atoms with Crippen molar-refractivity contribution in [1.82, 2.24) is 19.7 Å². The predicted octanol–water partition coefficient (Wildman–Crippen LogP) is 5.30. The van der Waals surface area contributed by atoms with E-state index in [1.807, 2.05) is 32.0 Å². The van der Waals surface area contributed by atoms with Crippen LogP contribution in [-0.2, 0) is 6.42 Å². The van der Waals surface area contributed by atoms with Gasteiger partial charge in [0.2, 0.25) is 0 Å². The molecule has 2 N–H and O–H groups in total. The first kappa shape index (κ1) is 20.6. The molecule has 7 nitrogen and oxygen atoms in total. The second-order valence-electron chi connectivity index (χ2n) is 6.96. The Hall–Kier alpha value is -3.71. The van der Waals surface area contributed by atoms with Gasteiger partial charge in [-0.1, -0.05) is 24.6 Å². The van der Waals surface area contributed by atoms with Crippen LogP contribution in [0.3, 0.4) is 0 Å². The van der Waals surface area contributed by atoms with Gasteiger partial charge in [0.1, 0.15) is 5.82 Å². The van der Waals surface area contributed by atoms with Gasteiger partial charge in [-0.25, -0.2) is 9.48 Å². The number of halogens is 1. The first-order chi connectivity index (χ1) is 15.0. The number of benzene rings is 1. The largest absolute Gasteiger partial charge is 0.478 e. The summed E-state index contributed by atoms with van der Waals surface area (Å²) in [4.78, 5) is 20.4. The zero-order valence-corrected chi connectivity index (χ0v) is 17.8. The second-order valence-corrected chi connectivity index (χ2v) is 7.40. The number of carbonyl (C=O) groups is 1. The van der Waals surface area contributed by atoms with Crippen LogP contribution in [0.15, 0.2) is 61.2 Å². The quantitative estimate of drug-likeness (QED) is 0.429. The molecule has 0 saturated heterocycles. The summed E-state index contributed by atoms with van der Waals surface area (Å²) in [7, 11) is 0. The Labute approximate surface area is 184 Å². The SMILES string of the molecule is CCc1nn(-c2cnccc2C)c(Nc2ccc(Cl)cc2C(=O)O)c1-c1cccnc1. The molecule has 31 heavy (non-hydrogen) atoms. The van der Waals surface area contributed by atoms with Crippen molar-refractivity contribution in [3.8, 4) is 16.8 Å². The molecule has 0 aliphatic carbocycles. The average molecular weight is 434 g/mol. The van der Waals surface area contributed by atoms with Crippen LogP contribution in [0.5, 0.6) is 0 Å². The Balaban J connectivity index is 1.99. The van der Waals surface area contributed by atoms with Crippen molar-refractivity contribution in [2.75, 3.05) is 5.32 Å². The number of nitrogens with one attached hydrogen (secondary N) is 1. The number of aryl methyl sites for hydroxylation is 2. The van der Waals surface area contributed by atoms with Gasteiger partial charge in [0, 0.05) is 34.7 Å². The highest BCUT2D eigenvalue weighted by Gasteiger charge is 2.22. The molecule has 156 valence electrons. The van der Waals surface area contributed by atoms with E-state index in [9.17, 15) is 9.90 Å². The van der Waals surface area contributed by atoms with Gasteiger partial charge in [-0.2, -0.15) is 5.10 Å². The first-order valence-corrected chi connectivity index (χ1v) is 10.1. The highest BCUT2D eigenvalue weighted by atomic mass is 35.5. The maximum absolute atomic E-state index is 11.8. The zero-order valence-electron chi connectivity index (χ0n) is 17.0. The van der Waals surface area contributed by atoms with Crippen LogP contribution in [0, 0.1) is 6.92 Å². The van der Waals surface area contributed by atoms with Crippen molar-refractivity contribution >= 4 is 29.1 Å². The van der Waals surface area contributed by atoms with E-state index in [2.05, 4.69) is 15.3 Å². The molecule has 0 amide bonds. The van der Waals surface area contributed by atoms with Gasteiger partial charge in [0.05, 0.1) is 28.8 Å². The number of pyridine rings is 2. The average Bonchev–Trinajstić information content (AvgIpc) is 3.13. The second kappa shape index (κ2) is 8.57. The van der Waals surface area contributed by atoms with E-state index >= 15 is 0 Å². The van der Waals surface area contributed by atoms with Crippen molar-refractivity contribution < 1.29 is 9.90 Å². The summed E-state index contributed by atoms with van der Waals surface area (Å²) in [6.07, 6.45) is 7.61. The summed E-state index contributed by atoms with van der Waals surface area (Å²) >= 11 is 6.04. The Kier molecular flexibility index (Phi) is 5.68. The predicted molar refractivity (Wildman–Crippen MR) is 120 cm³/mol. The Bertz CT molecular complexity index is 1250. The van der Waals surface area contributed by atoms with Crippen LogP contribution >= 0.6 is 11.6 Å². The van der Waals surface area contributed by atoms with E-state index in [1.165, 1.54) is 6.07 Å². The number of hydrogen-bond donors (Lipinski definition) is 2. The van der Waals surface area contributed by atoms with E-state index in [4.69, 9.17) is 16.7 Å². The molecule has 1 aromatic carbocycles. The summed E-state index contributed by atoms with van der Waals surface area (Å²) in [5.41, 5.74) is 4.83. The van der Waals surface area contributed by atoms with Crippen molar-refractivity contribution in [3.63, 3.8) is 0 Å². The smallest absolute Gasteiger partial charge is 0.337 e. The molecule has 0 atom stereocenters. The molecule has 3 heterocycles. The van der Waals surface area contributed by atoms with Gasteiger partial charge >= 0.3 is 5.97 Å². The number of carboxylic acids is 1. The lowest BCUT2D eigenvalue weighted by Crippen LogP contribution is -2.08. The maximum atomic E-state index is 11.8. The lowest BCUT2D eigenvalue weighted by Gasteiger charge is -2.15. The van der Waals surface area contributed by atoms with Gasteiger partial charge < -0.3 is 10.4 Å². The van der Waals surface area contributed by atoms with E-state index in [1.54, 1.807) is 41.6 Å². The fraction of sp³-hybridized carbons (Fsp3) is 0.130. The van der Waals surface area contributed by atoms with Crippen LogP contribution < -0.4 is 5.32 Å². The molecule has 0 saturated carbocycles. The van der Waals surface area contributed by atoms with Gasteiger partial charge in [-0.15, -0.1) is 0 Å². The number of carboxylic acid groups (broad SMARTS) is 1. The highest BCUT2D eigenvalue weighted by Crippen LogP contribution is 2.37. The van der Waals surface area contributed by atoms with E-state index < -0.39 is 5.97 Å². The number of aromatic nitrogens is 4. The lowest BCUT2D eigenvalue weighted by atomic mass is 10.1. The standard InChI is InChI=1S/C23H20ClN5O2/c1-3-18-21(15-5-4-9-25-12-15)22(29(28-18)20-13-26-10-8-14(20)2)27-19-7-6-16(24)11-17(19)23(30)31/h4-13,27H,3H2,1-2H3,(H,30,31). The summed E-state index contributed by atoms with van der Waals surface area (Å²) in [5.74, 6) is -0.446. The normalized spacial score (nSPS) is 10.8. The summed E-state index contributed by atoms with van der Waals surface area (Å²) < 4.78 is 1.77. The Morgan fingerprint density at radius 3 is 2.65 bits per heavy atom. The molecule has 4 aromatic rings. The molecule has 0 fully saturated rings. The van der Waals surface area contributed by atoms with Gasteiger partial charge in [0.15, 0.2) is 0 Å². The minimum Gasteiger partial charge on any atom is -0.478 e. The summed E-state index contributed by atoms with van der Waals surface area (Å²) in [6, 6.07) is 10.4. The molecular formula is C23H20ClN5O2. The van der Waals surface area contributed by atoms with E-state index in [-0.39, 0.29) is 5.56 Å². The topological polar surface area (TPSA) is 92.9 Å². The minimum absolute atomic E-state index is 0.0679. The van der Waals surface area contributed by atoms with Crippen molar-refractivity contribution in [2.45, 2.75) is 20.3 Å². The molecule has 0 unspecified atom stereocenters. The van der Waals surface area contributed by atoms with Crippen molar-refractivity contribution in [1.29, 1.82) is 0 Å². The van der Waals surface area contributed by atoms with Crippen LogP contribution in [0.2, 0.25) is 5.02 Å². The van der Waals surface area contributed by atoms with E-state index in [0.29, 0.717) is 22.9 Å². The van der Waals surface area contributed by atoms with Crippen LogP contribution in [0.25, 0.3) is 16.8 Å². The zero-order chi connectivity index (χ0) is 22.0. The molecule has 0 spiro atoms. The van der Waals surface area contributed by atoms with Gasteiger partial charge in [0.25, 0.3) is 0 Å². The third-order valence-corrected chi connectivity index (χ3v) is 5.18. The van der Waals surface area contributed by atoms with E-state index in [0.717, 1.165) is 28.1 Å². The summed E-state index contributed by atoms with van der Waals surface area (Å²) in [5, 5.41) is 18.2. The molecule has 0 radical (unpaired) electrons.